The molecule has 0 fully saturated rings. The predicted molar refractivity (Wildman–Crippen MR) is 69.0 cm³/mol. The SMILES string of the molecule is CCCSCC(CCC(C)(C)OC)NN. The summed E-state index contributed by atoms with van der Waals surface area (Å²) in [6.07, 6.45) is 3.32. The van der Waals surface area contributed by atoms with Gasteiger partial charge < -0.3 is 4.74 Å². The molecule has 92 valence electrons. The van der Waals surface area contributed by atoms with Crippen LogP contribution in [0.4, 0.5) is 0 Å². The third-order valence-electron chi connectivity index (χ3n) is 2.55. The zero-order valence-electron chi connectivity index (χ0n) is 10.5. The highest BCUT2D eigenvalue weighted by atomic mass is 32.2. The Balaban J connectivity index is 3.69. The molecule has 0 saturated heterocycles. The molecule has 0 amide bonds. The molecule has 0 heterocycles. The third-order valence-corrected chi connectivity index (χ3v) is 3.89. The lowest BCUT2D eigenvalue weighted by Gasteiger charge is -2.25. The molecular formula is C11H26N2OS. The van der Waals surface area contributed by atoms with Crippen LogP contribution in [0.2, 0.25) is 0 Å². The number of nitrogens with two attached hydrogens (primary N) is 1. The normalized spacial score (nSPS) is 14.2. The van der Waals surface area contributed by atoms with Gasteiger partial charge in [0.05, 0.1) is 5.60 Å². The molecule has 0 saturated carbocycles. The topological polar surface area (TPSA) is 47.3 Å². The highest BCUT2D eigenvalue weighted by molar-refractivity contribution is 7.99. The molecule has 1 unspecified atom stereocenters. The second-order valence-electron chi connectivity index (χ2n) is 4.44. The first kappa shape index (κ1) is 15.2. The summed E-state index contributed by atoms with van der Waals surface area (Å²) < 4.78 is 5.38. The van der Waals surface area contributed by atoms with Crippen molar-refractivity contribution in [3.8, 4) is 0 Å². The lowest BCUT2D eigenvalue weighted by atomic mass is 10.00. The highest BCUT2D eigenvalue weighted by Gasteiger charge is 2.18. The van der Waals surface area contributed by atoms with Gasteiger partial charge in [-0.2, -0.15) is 11.8 Å². The minimum absolute atomic E-state index is 0.0372. The Hall–Kier alpha value is 0.230. The van der Waals surface area contributed by atoms with Crippen molar-refractivity contribution in [1.82, 2.24) is 5.43 Å². The molecule has 0 aromatic heterocycles. The van der Waals surface area contributed by atoms with Crippen molar-refractivity contribution in [3.63, 3.8) is 0 Å². The lowest BCUT2D eigenvalue weighted by molar-refractivity contribution is 0.0122. The minimum atomic E-state index is -0.0372. The van der Waals surface area contributed by atoms with Crippen molar-refractivity contribution >= 4 is 11.8 Å². The quantitative estimate of drug-likeness (QED) is 0.365. The van der Waals surface area contributed by atoms with Crippen LogP contribution in [0.25, 0.3) is 0 Å². The number of hydrogen-bond donors (Lipinski definition) is 2. The van der Waals surface area contributed by atoms with Gasteiger partial charge in [0.15, 0.2) is 0 Å². The summed E-state index contributed by atoms with van der Waals surface area (Å²) in [4.78, 5) is 0. The lowest BCUT2D eigenvalue weighted by Crippen LogP contribution is -2.38. The zero-order valence-corrected chi connectivity index (χ0v) is 11.3. The average molecular weight is 234 g/mol. The second-order valence-corrected chi connectivity index (χ2v) is 5.59. The summed E-state index contributed by atoms with van der Waals surface area (Å²) >= 11 is 1.96. The van der Waals surface area contributed by atoms with Crippen LogP contribution >= 0.6 is 11.8 Å². The van der Waals surface area contributed by atoms with Crippen molar-refractivity contribution in [3.05, 3.63) is 0 Å². The molecule has 0 aromatic rings. The van der Waals surface area contributed by atoms with E-state index >= 15 is 0 Å². The van der Waals surface area contributed by atoms with Crippen LogP contribution in [0.5, 0.6) is 0 Å². The maximum atomic E-state index is 5.52. The van der Waals surface area contributed by atoms with E-state index in [0.29, 0.717) is 6.04 Å². The van der Waals surface area contributed by atoms with E-state index in [1.807, 2.05) is 11.8 Å². The Labute approximate surface area is 98.5 Å². The zero-order chi connectivity index (χ0) is 11.7. The van der Waals surface area contributed by atoms with Gasteiger partial charge in [0.2, 0.25) is 0 Å². The van der Waals surface area contributed by atoms with Gasteiger partial charge in [0.25, 0.3) is 0 Å². The van der Waals surface area contributed by atoms with E-state index in [1.54, 1.807) is 7.11 Å². The molecule has 0 aliphatic rings. The Morgan fingerprint density at radius 2 is 2.13 bits per heavy atom. The van der Waals surface area contributed by atoms with Gasteiger partial charge in [-0.15, -0.1) is 0 Å². The van der Waals surface area contributed by atoms with Crippen LogP contribution in [0.1, 0.15) is 40.0 Å². The van der Waals surface area contributed by atoms with Gasteiger partial charge in [0.1, 0.15) is 0 Å². The van der Waals surface area contributed by atoms with Gasteiger partial charge in [-0.3, -0.25) is 11.3 Å². The Bertz CT molecular complexity index is 154. The molecule has 0 bridgehead atoms. The molecular weight excluding hydrogens is 208 g/mol. The van der Waals surface area contributed by atoms with Gasteiger partial charge in [-0.1, -0.05) is 6.92 Å². The van der Waals surface area contributed by atoms with Crippen molar-refractivity contribution in [2.45, 2.75) is 51.7 Å². The summed E-state index contributed by atoms with van der Waals surface area (Å²) in [5, 5.41) is 0. The third kappa shape index (κ3) is 8.08. The minimum Gasteiger partial charge on any atom is -0.379 e. The Kier molecular flexibility index (Phi) is 8.52. The van der Waals surface area contributed by atoms with E-state index in [2.05, 4.69) is 26.2 Å². The number of hydrazine groups is 1. The molecule has 4 heteroatoms. The molecule has 0 aliphatic heterocycles. The largest absolute Gasteiger partial charge is 0.379 e. The number of nitrogens with one attached hydrogen (secondary N) is 1. The number of ether oxygens (including phenoxy) is 1. The molecule has 0 spiro atoms. The van der Waals surface area contributed by atoms with Gasteiger partial charge in [-0.05, 0) is 38.9 Å². The van der Waals surface area contributed by atoms with Crippen LogP contribution in [-0.4, -0.2) is 30.3 Å². The van der Waals surface area contributed by atoms with Crippen molar-refractivity contribution in [1.29, 1.82) is 0 Å². The Morgan fingerprint density at radius 3 is 2.60 bits per heavy atom. The summed E-state index contributed by atoms with van der Waals surface area (Å²) in [7, 11) is 1.76. The molecule has 0 aliphatic carbocycles. The van der Waals surface area contributed by atoms with E-state index in [0.717, 1.165) is 18.6 Å². The first-order chi connectivity index (χ1) is 7.05. The van der Waals surface area contributed by atoms with E-state index < -0.39 is 0 Å². The average Bonchev–Trinajstić information content (AvgIpc) is 2.23. The number of methoxy groups -OCH3 is 1. The van der Waals surface area contributed by atoms with Crippen LogP contribution in [-0.2, 0) is 4.74 Å². The second kappa shape index (κ2) is 8.39. The van der Waals surface area contributed by atoms with E-state index in [1.165, 1.54) is 12.2 Å². The van der Waals surface area contributed by atoms with Crippen LogP contribution in [0, 0.1) is 0 Å². The maximum absolute atomic E-state index is 5.52. The van der Waals surface area contributed by atoms with Crippen LogP contribution in [0.3, 0.4) is 0 Å². The summed E-state index contributed by atoms with van der Waals surface area (Å²) in [6, 6.07) is 0.399. The Morgan fingerprint density at radius 1 is 1.47 bits per heavy atom. The standard InChI is InChI=1S/C11H26N2OS/c1-5-8-15-9-10(13-12)6-7-11(2,3)14-4/h10,13H,5-9,12H2,1-4H3. The molecule has 0 radical (unpaired) electrons. The number of hydrogen-bond acceptors (Lipinski definition) is 4. The maximum Gasteiger partial charge on any atom is 0.0623 e. The van der Waals surface area contributed by atoms with Crippen LogP contribution < -0.4 is 11.3 Å². The first-order valence-corrected chi connectivity index (χ1v) is 6.80. The van der Waals surface area contributed by atoms with Crippen molar-refractivity contribution in [2.75, 3.05) is 18.6 Å². The molecule has 3 nitrogen and oxygen atoms in total. The molecule has 0 rings (SSSR count). The smallest absolute Gasteiger partial charge is 0.0623 e. The molecule has 0 aromatic carbocycles. The predicted octanol–water partition coefficient (Wildman–Crippen LogP) is 2.17. The first-order valence-electron chi connectivity index (χ1n) is 5.64. The van der Waals surface area contributed by atoms with E-state index in [4.69, 9.17) is 10.6 Å². The van der Waals surface area contributed by atoms with E-state index in [9.17, 15) is 0 Å². The molecule has 1 atom stereocenters. The van der Waals surface area contributed by atoms with Crippen molar-refractivity contribution in [2.24, 2.45) is 5.84 Å². The van der Waals surface area contributed by atoms with Crippen molar-refractivity contribution < 1.29 is 4.74 Å². The number of rotatable bonds is 9. The van der Waals surface area contributed by atoms with E-state index in [-0.39, 0.29) is 5.60 Å². The van der Waals surface area contributed by atoms with Crippen LogP contribution in [0.15, 0.2) is 0 Å². The van der Waals surface area contributed by atoms with Gasteiger partial charge >= 0.3 is 0 Å². The summed E-state index contributed by atoms with van der Waals surface area (Å²) in [5.74, 6) is 7.82. The monoisotopic (exact) mass is 234 g/mol. The molecule has 3 N–H and O–H groups in total. The fourth-order valence-electron chi connectivity index (χ4n) is 1.21. The fraction of sp³-hybridized carbons (Fsp3) is 1.00. The summed E-state index contributed by atoms with van der Waals surface area (Å²) in [5.41, 5.74) is 2.84. The van der Waals surface area contributed by atoms with Gasteiger partial charge in [0, 0.05) is 18.9 Å². The highest BCUT2D eigenvalue weighted by Crippen LogP contribution is 2.18. The van der Waals surface area contributed by atoms with Gasteiger partial charge in [-0.25, -0.2) is 0 Å². The number of thioether (sulfide) groups is 1. The fourth-order valence-corrected chi connectivity index (χ4v) is 2.21. The molecule has 15 heavy (non-hydrogen) atoms. The summed E-state index contributed by atoms with van der Waals surface area (Å²) in [6.45, 7) is 6.42.